The Morgan fingerprint density at radius 2 is 2.00 bits per heavy atom. The minimum atomic E-state index is -3.73. The second kappa shape index (κ2) is 7.38. The smallest absolute Gasteiger partial charge is 0.341 e. The lowest BCUT2D eigenvalue weighted by Crippen LogP contribution is -2.17. The summed E-state index contributed by atoms with van der Waals surface area (Å²) in [6.07, 6.45) is 1.36. The van der Waals surface area contributed by atoms with Gasteiger partial charge in [0.1, 0.15) is 17.3 Å². The molecule has 0 aliphatic rings. The van der Waals surface area contributed by atoms with E-state index < -0.39 is 27.5 Å². The van der Waals surface area contributed by atoms with Gasteiger partial charge in [0.15, 0.2) is 9.84 Å². The van der Waals surface area contributed by atoms with Crippen molar-refractivity contribution in [2.24, 2.45) is 0 Å². The molecule has 136 valence electrons. The fourth-order valence-corrected chi connectivity index (χ4v) is 4.27. The molecule has 26 heavy (non-hydrogen) atoms. The SMILES string of the molecule is CCOC(=O)c1cnc2ccsc2c1NCS(=O)(=O)c1ccc(F)cc1. The molecule has 2 heterocycles. The van der Waals surface area contributed by atoms with Crippen molar-refractivity contribution in [2.75, 3.05) is 17.8 Å². The Bertz CT molecular complexity index is 1050. The number of nitrogens with zero attached hydrogens (tertiary/aromatic N) is 1. The van der Waals surface area contributed by atoms with Gasteiger partial charge in [-0.3, -0.25) is 4.98 Å². The highest BCUT2D eigenvalue weighted by atomic mass is 32.2. The molecule has 0 bridgehead atoms. The Hall–Kier alpha value is -2.52. The van der Waals surface area contributed by atoms with Gasteiger partial charge < -0.3 is 10.1 Å². The van der Waals surface area contributed by atoms with Crippen molar-refractivity contribution >= 4 is 43.0 Å². The van der Waals surface area contributed by atoms with E-state index in [4.69, 9.17) is 4.74 Å². The van der Waals surface area contributed by atoms with Gasteiger partial charge in [0.05, 0.1) is 27.4 Å². The van der Waals surface area contributed by atoms with Gasteiger partial charge in [-0.25, -0.2) is 17.6 Å². The average molecular weight is 394 g/mol. The first-order valence-corrected chi connectivity index (χ1v) is 10.2. The third kappa shape index (κ3) is 3.68. The lowest BCUT2D eigenvalue weighted by molar-refractivity contribution is 0.0527. The number of fused-ring (bicyclic) bond motifs is 1. The van der Waals surface area contributed by atoms with Crippen molar-refractivity contribution < 1.29 is 22.3 Å². The summed E-state index contributed by atoms with van der Waals surface area (Å²) in [5, 5.41) is 4.62. The van der Waals surface area contributed by atoms with Crippen LogP contribution in [0.2, 0.25) is 0 Å². The molecule has 0 amide bonds. The van der Waals surface area contributed by atoms with Crippen LogP contribution in [0, 0.1) is 5.82 Å². The number of nitrogens with one attached hydrogen (secondary N) is 1. The fourth-order valence-electron chi connectivity index (χ4n) is 2.34. The molecular weight excluding hydrogens is 379 g/mol. The van der Waals surface area contributed by atoms with Crippen LogP contribution in [-0.4, -0.2) is 31.9 Å². The first kappa shape index (κ1) is 18.3. The Labute approximate surface area is 153 Å². The third-order valence-corrected chi connectivity index (χ3v) is 6.02. The Morgan fingerprint density at radius 1 is 1.27 bits per heavy atom. The maximum atomic E-state index is 13.0. The van der Waals surface area contributed by atoms with Crippen LogP contribution >= 0.6 is 11.3 Å². The van der Waals surface area contributed by atoms with Crippen LogP contribution < -0.4 is 5.32 Å². The summed E-state index contributed by atoms with van der Waals surface area (Å²) in [6.45, 7) is 1.87. The molecule has 0 radical (unpaired) electrons. The first-order chi connectivity index (χ1) is 12.4. The molecule has 1 aromatic carbocycles. The molecule has 0 aliphatic carbocycles. The van der Waals surface area contributed by atoms with Crippen LogP contribution in [-0.2, 0) is 14.6 Å². The molecule has 3 rings (SSSR count). The van der Waals surface area contributed by atoms with Crippen molar-refractivity contribution in [1.29, 1.82) is 0 Å². The van der Waals surface area contributed by atoms with E-state index >= 15 is 0 Å². The lowest BCUT2D eigenvalue weighted by atomic mass is 10.2. The number of esters is 1. The topological polar surface area (TPSA) is 85.4 Å². The standard InChI is InChI=1S/C17H15FN2O4S2/c1-2-24-17(21)13-9-19-14-7-8-25-16(14)15(13)20-10-26(22,23)12-5-3-11(18)4-6-12/h3-9H,2,10H2,1H3,(H,19,20). The number of carbonyl (C=O) groups excluding carboxylic acids is 1. The van der Waals surface area contributed by atoms with E-state index in [1.165, 1.54) is 29.7 Å². The monoisotopic (exact) mass is 394 g/mol. The molecule has 0 saturated carbocycles. The number of halogens is 1. The molecule has 3 aromatic rings. The van der Waals surface area contributed by atoms with Crippen molar-refractivity contribution in [3.63, 3.8) is 0 Å². The predicted molar refractivity (Wildman–Crippen MR) is 97.7 cm³/mol. The summed E-state index contributed by atoms with van der Waals surface area (Å²) < 4.78 is 43.7. The largest absolute Gasteiger partial charge is 0.462 e. The normalized spacial score (nSPS) is 11.5. The van der Waals surface area contributed by atoms with Gasteiger partial charge in [0, 0.05) is 6.20 Å². The van der Waals surface area contributed by atoms with E-state index in [0.29, 0.717) is 15.9 Å². The van der Waals surface area contributed by atoms with Crippen LogP contribution in [0.15, 0.2) is 46.8 Å². The number of rotatable bonds is 6. The van der Waals surface area contributed by atoms with E-state index in [0.717, 1.165) is 12.1 Å². The van der Waals surface area contributed by atoms with Crippen LogP contribution in [0.4, 0.5) is 10.1 Å². The number of hydrogen-bond acceptors (Lipinski definition) is 7. The maximum Gasteiger partial charge on any atom is 0.341 e. The van der Waals surface area contributed by atoms with Crippen LogP contribution in [0.5, 0.6) is 0 Å². The average Bonchev–Trinajstić information content (AvgIpc) is 3.09. The van der Waals surface area contributed by atoms with Crippen LogP contribution in [0.1, 0.15) is 17.3 Å². The second-order valence-electron chi connectivity index (χ2n) is 5.29. The van der Waals surface area contributed by atoms with Gasteiger partial charge >= 0.3 is 5.97 Å². The molecule has 6 nitrogen and oxygen atoms in total. The number of carbonyl (C=O) groups is 1. The van der Waals surface area contributed by atoms with Crippen molar-refractivity contribution in [2.45, 2.75) is 11.8 Å². The lowest BCUT2D eigenvalue weighted by Gasteiger charge is -2.12. The number of pyridine rings is 1. The van der Waals surface area contributed by atoms with E-state index in [1.54, 1.807) is 18.4 Å². The number of ether oxygens (including phenoxy) is 1. The minimum Gasteiger partial charge on any atom is -0.462 e. The highest BCUT2D eigenvalue weighted by Crippen LogP contribution is 2.31. The second-order valence-corrected chi connectivity index (χ2v) is 8.20. The van der Waals surface area contributed by atoms with Crippen LogP contribution in [0.3, 0.4) is 0 Å². The minimum absolute atomic E-state index is 0.0134. The van der Waals surface area contributed by atoms with Gasteiger partial charge in [0.25, 0.3) is 0 Å². The molecule has 9 heteroatoms. The molecule has 0 spiro atoms. The van der Waals surface area contributed by atoms with Crippen LogP contribution in [0.25, 0.3) is 10.2 Å². The molecule has 2 aromatic heterocycles. The number of hydrogen-bond donors (Lipinski definition) is 1. The van der Waals surface area contributed by atoms with Gasteiger partial charge in [-0.1, -0.05) is 0 Å². The Kier molecular flexibility index (Phi) is 5.19. The summed E-state index contributed by atoms with van der Waals surface area (Å²) in [7, 11) is -3.73. The number of sulfone groups is 1. The van der Waals surface area contributed by atoms with Crippen molar-refractivity contribution in [3.05, 3.63) is 53.3 Å². The fraction of sp³-hybridized carbons (Fsp3) is 0.176. The van der Waals surface area contributed by atoms with Gasteiger partial charge in [0.2, 0.25) is 0 Å². The van der Waals surface area contributed by atoms with E-state index in [1.807, 2.05) is 0 Å². The van der Waals surface area contributed by atoms with E-state index in [2.05, 4.69) is 10.3 Å². The van der Waals surface area contributed by atoms with Crippen molar-refractivity contribution in [1.82, 2.24) is 4.98 Å². The molecule has 0 fully saturated rings. The zero-order valence-electron chi connectivity index (χ0n) is 13.7. The summed E-state index contributed by atoms with van der Waals surface area (Å²) in [5.41, 5.74) is 1.16. The van der Waals surface area contributed by atoms with E-state index in [9.17, 15) is 17.6 Å². The predicted octanol–water partition coefficient (Wildman–Crippen LogP) is 3.46. The molecule has 0 unspecified atom stereocenters. The van der Waals surface area contributed by atoms with Gasteiger partial charge in [-0.05, 0) is 42.6 Å². The number of anilines is 1. The third-order valence-electron chi connectivity index (χ3n) is 3.58. The maximum absolute atomic E-state index is 13.0. The quantitative estimate of drug-likeness (QED) is 0.509. The first-order valence-electron chi connectivity index (χ1n) is 7.68. The van der Waals surface area contributed by atoms with Gasteiger partial charge in [-0.2, -0.15) is 0 Å². The molecular formula is C17H15FN2O4S2. The number of aromatic nitrogens is 1. The zero-order chi connectivity index (χ0) is 18.7. The summed E-state index contributed by atoms with van der Waals surface area (Å²) in [5.74, 6) is -1.56. The zero-order valence-corrected chi connectivity index (χ0v) is 15.4. The summed E-state index contributed by atoms with van der Waals surface area (Å²) in [4.78, 5) is 16.4. The summed E-state index contributed by atoms with van der Waals surface area (Å²) >= 11 is 1.33. The summed E-state index contributed by atoms with van der Waals surface area (Å²) in [6, 6.07) is 6.34. The highest BCUT2D eigenvalue weighted by molar-refractivity contribution is 7.91. The highest BCUT2D eigenvalue weighted by Gasteiger charge is 2.20. The van der Waals surface area contributed by atoms with Gasteiger partial charge in [-0.15, -0.1) is 11.3 Å². The molecule has 0 atom stereocenters. The van der Waals surface area contributed by atoms with Crippen molar-refractivity contribution in [3.8, 4) is 0 Å². The molecule has 1 N–H and O–H groups in total. The van der Waals surface area contributed by atoms with E-state index in [-0.39, 0.29) is 17.1 Å². The molecule has 0 saturated heterocycles. The Morgan fingerprint density at radius 3 is 2.69 bits per heavy atom. The number of benzene rings is 1. The molecule has 0 aliphatic heterocycles. The number of thiophene rings is 1. The Balaban J connectivity index is 1.94.